The predicted octanol–water partition coefficient (Wildman–Crippen LogP) is 3.38. The van der Waals surface area contributed by atoms with Crippen LogP contribution in [0.4, 0.5) is 11.4 Å². The van der Waals surface area contributed by atoms with Crippen LogP contribution in [0.5, 0.6) is 0 Å². The average molecular weight is 481 g/mol. The fourth-order valence-electron chi connectivity index (χ4n) is 3.33. The molecule has 0 unspecified atom stereocenters. The first-order chi connectivity index (χ1) is 15.3. The topological polar surface area (TPSA) is 98.8 Å². The van der Waals surface area contributed by atoms with Crippen LogP contribution in [-0.2, 0) is 14.8 Å². The fraction of sp³-hybridized carbons (Fsp3) is 0.455. The Kier molecular flexibility index (Phi) is 9.67. The van der Waals surface area contributed by atoms with Crippen molar-refractivity contribution in [1.82, 2.24) is 9.62 Å². The number of hydrogen-bond acceptors (Lipinski definition) is 6. The summed E-state index contributed by atoms with van der Waals surface area (Å²) >= 11 is 1.43. The number of hydrogen-bond donors (Lipinski definition) is 2. The van der Waals surface area contributed by atoms with Crippen LogP contribution in [0.1, 0.15) is 44.5 Å². The van der Waals surface area contributed by atoms with Gasteiger partial charge in [-0.2, -0.15) is 15.6 Å². The van der Waals surface area contributed by atoms with E-state index >= 15 is 0 Å². The highest BCUT2D eigenvalue weighted by atomic mass is 32.2. The summed E-state index contributed by atoms with van der Waals surface area (Å²) in [5.41, 5.74) is 1.76. The molecule has 1 heterocycles. The van der Waals surface area contributed by atoms with Gasteiger partial charge in [0.05, 0.1) is 16.3 Å². The lowest BCUT2D eigenvalue weighted by Gasteiger charge is -2.26. The SMILES string of the molecule is CCN(CC)c1ccc(S(=O)(=O)N(CC)CC)cc1NC(=O)CCNC(=O)c1ccsc1. The van der Waals surface area contributed by atoms with Gasteiger partial charge in [-0.3, -0.25) is 9.59 Å². The largest absolute Gasteiger partial charge is 0.370 e. The van der Waals surface area contributed by atoms with Gasteiger partial charge in [-0.25, -0.2) is 8.42 Å². The van der Waals surface area contributed by atoms with Gasteiger partial charge in [0.15, 0.2) is 0 Å². The number of nitrogens with zero attached hydrogens (tertiary/aromatic N) is 2. The van der Waals surface area contributed by atoms with Crippen LogP contribution in [0, 0.1) is 0 Å². The van der Waals surface area contributed by atoms with Crippen molar-refractivity contribution in [3.05, 3.63) is 40.6 Å². The average Bonchev–Trinajstić information content (AvgIpc) is 3.31. The molecule has 0 spiro atoms. The van der Waals surface area contributed by atoms with E-state index in [9.17, 15) is 18.0 Å². The first-order valence-electron chi connectivity index (χ1n) is 10.8. The third kappa shape index (κ3) is 6.30. The van der Waals surface area contributed by atoms with Crippen molar-refractivity contribution < 1.29 is 18.0 Å². The number of carbonyl (C=O) groups is 2. The molecular formula is C22H32N4O4S2. The van der Waals surface area contributed by atoms with Gasteiger partial charge in [-0.05, 0) is 43.5 Å². The zero-order valence-corrected chi connectivity index (χ0v) is 20.7. The molecule has 0 aliphatic carbocycles. The highest BCUT2D eigenvalue weighted by Gasteiger charge is 2.24. The van der Waals surface area contributed by atoms with Crippen molar-refractivity contribution in [2.24, 2.45) is 0 Å². The number of amides is 2. The molecule has 0 fully saturated rings. The lowest BCUT2D eigenvalue weighted by Crippen LogP contribution is -2.31. The molecular weight excluding hydrogens is 448 g/mol. The van der Waals surface area contributed by atoms with Gasteiger partial charge in [-0.1, -0.05) is 13.8 Å². The molecule has 2 N–H and O–H groups in total. The van der Waals surface area contributed by atoms with E-state index in [0.717, 1.165) is 5.69 Å². The van der Waals surface area contributed by atoms with Crippen LogP contribution in [0.25, 0.3) is 0 Å². The van der Waals surface area contributed by atoms with Crippen molar-refractivity contribution in [2.45, 2.75) is 39.0 Å². The molecule has 1 aromatic carbocycles. The highest BCUT2D eigenvalue weighted by Crippen LogP contribution is 2.30. The second-order valence-electron chi connectivity index (χ2n) is 7.01. The van der Waals surface area contributed by atoms with Crippen LogP contribution in [0.2, 0.25) is 0 Å². The van der Waals surface area contributed by atoms with Crippen LogP contribution >= 0.6 is 11.3 Å². The summed E-state index contributed by atoms with van der Waals surface area (Å²) in [6.07, 6.45) is 0.0700. The zero-order chi connectivity index (χ0) is 23.7. The maximum absolute atomic E-state index is 13.0. The minimum absolute atomic E-state index is 0.0700. The highest BCUT2D eigenvalue weighted by molar-refractivity contribution is 7.89. The van der Waals surface area contributed by atoms with Crippen molar-refractivity contribution in [3.8, 4) is 0 Å². The van der Waals surface area contributed by atoms with Gasteiger partial charge in [0.25, 0.3) is 5.91 Å². The summed E-state index contributed by atoms with van der Waals surface area (Å²) in [7, 11) is -3.66. The quantitative estimate of drug-likeness (QED) is 0.485. The van der Waals surface area contributed by atoms with Gasteiger partial charge in [0.2, 0.25) is 15.9 Å². The van der Waals surface area contributed by atoms with E-state index in [0.29, 0.717) is 37.4 Å². The van der Waals surface area contributed by atoms with Crippen molar-refractivity contribution >= 4 is 44.5 Å². The summed E-state index contributed by atoms with van der Waals surface area (Å²) < 4.78 is 27.3. The summed E-state index contributed by atoms with van der Waals surface area (Å²) in [5.74, 6) is -0.531. The van der Waals surface area contributed by atoms with E-state index in [-0.39, 0.29) is 29.7 Å². The van der Waals surface area contributed by atoms with E-state index in [1.54, 1.807) is 37.4 Å². The second-order valence-corrected chi connectivity index (χ2v) is 9.72. The maximum atomic E-state index is 13.0. The van der Waals surface area contributed by atoms with Gasteiger partial charge in [0.1, 0.15) is 0 Å². The van der Waals surface area contributed by atoms with Gasteiger partial charge in [0, 0.05) is 50.1 Å². The smallest absolute Gasteiger partial charge is 0.252 e. The molecule has 2 aromatic rings. The Morgan fingerprint density at radius 1 is 1.00 bits per heavy atom. The van der Waals surface area contributed by atoms with Gasteiger partial charge in [-0.15, -0.1) is 0 Å². The monoisotopic (exact) mass is 480 g/mol. The van der Waals surface area contributed by atoms with Gasteiger partial charge >= 0.3 is 0 Å². The molecule has 1 aromatic heterocycles. The molecule has 176 valence electrons. The molecule has 0 atom stereocenters. The molecule has 0 radical (unpaired) electrons. The zero-order valence-electron chi connectivity index (χ0n) is 19.1. The molecule has 2 rings (SSSR count). The number of thiophene rings is 1. The third-order valence-corrected chi connectivity index (χ3v) is 7.84. The Morgan fingerprint density at radius 3 is 2.25 bits per heavy atom. The summed E-state index contributed by atoms with van der Waals surface area (Å²) in [4.78, 5) is 26.8. The lowest BCUT2D eigenvalue weighted by molar-refractivity contribution is -0.116. The number of sulfonamides is 1. The molecule has 0 bridgehead atoms. The summed E-state index contributed by atoms with van der Waals surface area (Å²) in [6.45, 7) is 9.89. The van der Waals surface area contributed by atoms with Crippen molar-refractivity contribution in [3.63, 3.8) is 0 Å². The fourth-order valence-corrected chi connectivity index (χ4v) is 5.45. The molecule has 0 saturated carbocycles. The standard InChI is InChI=1S/C22H32N4O4S2/c1-5-25(6-2)20-10-9-18(32(29,30)26(7-3)8-4)15-19(20)24-21(27)11-13-23-22(28)17-12-14-31-16-17/h9-10,12,14-16H,5-8,11,13H2,1-4H3,(H,23,28)(H,24,27). The number of benzene rings is 1. The molecule has 32 heavy (non-hydrogen) atoms. The maximum Gasteiger partial charge on any atom is 0.252 e. The van der Waals surface area contributed by atoms with Crippen molar-refractivity contribution in [2.75, 3.05) is 42.9 Å². The number of anilines is 2. The Hall–Kier alpha value is -2.43. The minimum atomic E-state index is -3.66. The van der Waals surface area contributed by atoms with E-state index in [1.165, 1.54) is 21.7 Å². The lowest BCUT2D eigenvalue weighted by atomic mass is 10.2. The Balaban J connectivity index is 2.20. The Bertz CT molecular complexity index is 999. The number of rotatable bonds is 12. The van der Waals surface area contributed by atoms with Crippen LogP contribution in [0.15, 0.2) is 39.9 Å². The Morgan fingerprint density at radius 2 is 1.69 bits per heavy atom. The van der Waals surface area contributed by atoms with Crippen LogP contribution < -0.4 is 15.5 Å². The first-order valence-corrected chi connectivity index (χ1v) is 13.2. The molecule has 0 aliphatic heterocycles. The molecule has 10 heteroatoms. The number of carbonyl (C=O) groups excluding carboxylic acids is 2. The summed E-state index contributed by atoms with van der Waals surface area (Å²) in [6, 6.07) is 6.55. The van der Waals surface area contributed by atoms with E-state index in [1.807, 2.05) is 24.1 Å². The first kappa shape index (κ1) is 25.8. The molecule has 0 aliphatic rings. The molecule has 8 nitrogen and oxygen atoms in total. The van der Waals surface area contributed by atoms with Crippen LogP contribution in [-0.4, -0.2) is 57.3 Å². The number of nitrogens with one attached hydrogen (secondary N) is 2. The minimum Gasteiger partial charge on any atom is -0.370 e. The summed E-state index contributed by atoms with van der Waals surface area (Å²) in [5, 5.41) is 9.12. The van der Waals surface area contributed by atoms with E-state index < -0.39 is 10.0 Å². The second kappa shape index (κ2) is 12.0. The van der Waals surface area contributed by atoms with Crippen molar-refractivity contribution in [1.29, 1.82) is 0 Å². The van der Waals surface area contributed by atoms with E-state index in [4.69, 9.17) is 0 Å². The van der Waals surface area contributed by atoms with E-state index in [2.05, 4.69) is 10.6 Å². The van der Waals surface area contributed by atoms with Crippen LogP contribution in [0.3, 0.4) is 0 Å². The molecule has 2 amide bonds. The Labute approximate surface area is 194 Å². The predicted molar refractivity (Wildman–Crippen MR) is 130 cm³/mol. The third-order valence-electron chi connectivity index (χ3n) is 5.11. The van der Waals surface area contributed by atoms with Gasteiger partial charge < -0.3 is 15.5 Å². The normalized spacial score (nSPS) is 11.4. The molecule has 0 saturated heterocycles.